The highest BCUT2D eigenvalue weighted by Gasteiger charge is 2.15. The Morgan fingerprint density at radius 3 is 2.96 bits per heavy atom. The van der Waals surface area contributed by atoms with Crippen LogP contribution in [0.1, 0.15) is 25.3 Å². The molecule has 1 unspecified atom stereocenters. The summed E-state index contributed by atoms with van der Waals surface area (Å²) in [6.07, 6.45) is 7.76. The van der Waals surface area contributed by atoms with E-state index in [2.05, 4.69) is 21.5 Å². The van der Waals surface area contributed by atoms with Gasteiger partial charge in [-0.3, -0.25) is 0 Å². The predicted molar refractivity (Wildman–Crippen MR) is 99.1 cm³/mol. The second kappa shape index (κ2) is 10.5. The molecule has 1 aromatic carbocycles. The van der Waals surface area contributed by atoms with Crippen LogP contribution in [0.25, 0.3) is 0 Å². The van der Waals surface area contributed by atoms with Crippen molar-refractivity contribution in [2.75, 3.05) is 33.4 Å². The van der Waals surface area contributed by atoms with Crippen LogP contribution in [0.2, 0.25) is 0 Å². The maximum atomic E-state index is 5.63. The van der Waals surface area contributed by atoms with Crippen LogP contribution in [-0.2, 0) is 11.3 Å². The Labute approximate surface area is 150 Å². The second-order valence-corrected chi connectivity index (χ2v) is 5.69. The fourth-order valence-electron chi connectivity index (χ4n) is 2.58. The number of terminal acetylenes is 1. The maximum absolute atomic E-state index is 5.63. The summed E-state index contributed by atoms with van der Waals surface area (Å²) in [5.41, 5.74) is 1.02. The molecule has 0 bridgehead atoms. The predicted octanol–water partition coefficient (Wildman–Crippen LogP) is 1.94. The summed E-state index contributed by atoms with van der Waals surface area (Å²) >= 11 is 0. The molecule has 0 aromatic heterocycles. The lowest BCUT2D eigenvalue weighted by Gasteiger charge is -2.15. The van der Waals surface area contributed by atoms with Crippen molar-refractivity contribution >= 4 is 5.96 Å². The topological polar surface area (TPSA) is 64.1 Å². The highest BCUT2D eigenvalue weighted by atomic mass is 16.5. The van der Waals surface area contributed by atoms with Crippen molar-refractivity contribution in [2.45, 2.75) is 32.4 Å². The van der Waals surface area contributed by atoms with Gasteiger partial charge >= 0.3 is 0 Å². The van der Waals surface area contributed by atoms with E-state index in [0.29, 0.717) is 18.0 Å². The first-order valence-corrected chi connectivity index (χ1v) is 8.63. The first-order valence-electron chi connectivity index (χ1n) is 8.63. The van der Waals surface area contributed by atoms with Crippen molar-refractivity contribution in [3.63, 3.8) is 0 Å². The van der Waals surface area contributed by atoms with Crippen LogP contribution in [0, 0.1) is 12.3 Å². The van der Waals surface area contributed by atoms with Crippen molar-refractivity contribution in [1.82, 2.24) is 10.6 Å². The fourth-order valence-corrected chi connectivity index (χ4v) is 2.58. The number of benzene rings is 1. The number of hydrogen-bond acceptors (Lipinski definition) is 4. The summed E-state index contributed by atoms with van der Waals surface area (Å²) in [4.78, 5) is 4.62. The smallest absolute Gasteiger partial charge is 0.191 e. The summed E-state index contributed by atoms with van der Waals surface area (Å²) in [7, 11) is 1.61. The second-order valence-electron chi connectivity index (χ2n) is 5.69. The minimum Gasteiger partial charge on any atom is -0.493 e. The molecule has 0 radical (unpaired) electrons. The highest BCUT2D eigenvalue weighted by Crippen LogP contribution is 2.28. The van der Waals surface area contributed by atoms with Crippen molar-refractivity contribution < 1.29 is 14.2 Å². The molecule has 1 aromatic rings. The van der Waals surface area contributed by atoms with Gasteiger partial charge in [-0.15, -0.1) is 6.42 Å². The minimum atomic E-state index is 0.203. The molecule has 25 heavy (non-hydrogen) atoms. The number of hydrogen-bond donors (Lipinski definition) is 2. The van der Waals surface area contributed by atoms with Gasteiger partial charge in [-0.1, -0.05) is 12.0 Å². The lowest BCUT2D eigenvalue weighted by Crippen LogP contribution is -2.41. The van der Waals surface area contributed by atoms with Gasteiger partial charge in [0.1, 0.15) is 6.61 Å². The Morgan fingerprint density at radius 1 is 1.40 bits per heavy atom. The molecule has 1 fully saturated rings. The van der Waals surface area contributed by atoms with Crippen LogP contribution in [-0.4, -0.2) is 45.5 Å². The number of nitrogens with zero attached hydrogens (tertiary/aromatic N) is 1. The van der Waals surface area contributed by atoms with E-state index >= 15 is 0 Å². The largest absolute Gasteiger partial charge is 0.493 e. The summed E-state index contributed by atoms with van der Waals surface area (Å²) in [6, 6.07) is 5.74. The first kappa shape index (κ1) is 18.9. The van der Waals surface area contributed by atoms with Crippen molar-refractivity contribution in [3.05, 3.63) is 23.8 Å². The van der Waals surface area contributed by atoms with Crippen LogP contribution in [0.4, 0.5) is 0 Å². The molecule has 1 heterocycles. The zero-order chi connectivity index (χ0) is 17.9. The number of nitrogens with one attached hydrogen (secondary N) is 2. The molecule has 6 heteroatoms. The molecule has 1 atom stereocenters. The van der Waals surface area contributed by atoms with E-state index in [4.69, 9.17) is 20.6 Å². The number of methoxy groups -OCH3 is 1. The minimum absolute atomic E-state index is 0.203. The molecule has 2 rings (SSSR count). The van der Waals surface area contributed by atoms with E-state index in [1.807, 2.05) is 25.1 Å². The van der Waals surface area contributed by atoms with Crippen molar-refractivity contribution in [1.29, 1.82) is 0 Å². The van der Waals surface area contributed by atoms with Crippen LogP contribution in [0.15, 0.2) is 23.2 Å². The van der Waals surface area contributed by atoms with E-state index in [-0.39, 0.29) is 12.7 Å². The number of aliphatic imine (C=N–C) groups is 1. The van der Waals surface area contributed by atoms with E-state index in [9.17, 15) is 0 Å². The summed E-state index contributed by atoms with van der Waals surface area (Å²) in [6.45, 7) is 5.20. The van der Waals surface area contributed by atoms with Gasteiger partial charge < -0.3 is 24.8 Å². The first-order chi connectivity index (χ1) is 12.3. The summed E-state index contributed by atoms with van der Waals surface area (Å²) in [5.74, 6) is 4.53. The molecule has 136 valence electrons. The van der Waals surface area contributed by atoms with Crippen molar-refractivity contribution in [2.24, 2.45) is 4.99 Å². The number of guanidine groups is 1. The van der Waals surface area contributed by atoms with Gasteiger partial charge in [0, 0.05) is 19.7 Å². The molecule has 6 nitrogen and oxygen atoms in total. The molecule has 1 aliphatic rings. The monoisotopic (exact) mass is 345 g/mol. The van der Waals surface area contributed by atoms with E-state index in [1.165, 1.54) is 0 Å². The van der Waals surface area contributed by atoms with Gasteiger partial charge in [0.05, 0.1) is 19.8 Å². The molecule has 0 aliphatic carbocycles. The van der Waals surface area contributed by atoms with Crippen LogP contribution >= 0.6 is 0 Å². The normalized spacial score (nSPS) is 17.0. The van der Waals surface area contributed by atoms with Crippen molar-refractivity contribution in [3.8, 4) is 23.8 Å². The lowest BCUT2D eigenvalue weighted by atomic mass is 10.2. The van der Waals surface area contributed by atoms with Gasteiger partial charge in [0.2, 0.25) is 0 Å². The van der Waals surface area contributed by atoms with Gasteiger partial charge in [-0.25, -0.2) is 4.99 Å². The Morgan fingerprint density at radius 2 is 2.28 bits per heavy atom. The third-order valence-corrected chi connectivity index (χ3v) is 3.82. The SMILES string of the molecule is C#CCOc1cc(CN=C(NCC)NCC2CCCO2)ccc1OC. The standard InChI is InChI=1S/C19H27N3O3/c1-4-10-25-18-12-15(8-9-17(18)23-3)13-21-19(20-5-2)22-14-16-7-6-11-24-16/h1,8-9,12,16H,5-7,10-11,13-14H2,2-3H3,(H2,20,21,22). The van der Waals surface area contributed by atoms with Gasteiger partial charge in [-0.2, -0.15) is 0 Å². The molecular weight excluding hydrogens is 318 g/mol. The van der Waals surface area contributed by atoms with Gasteiger partial charge in [-0.05, 0) is 37.5 Å². The maximum Gasteiger partial charge on any atom is 0.191 e. The van der Waals surface area contributed by atoms with Crippen LogP contribution in [0.5, 0.6) is 11.5 Å². The zero-order valence-corrected chi connectivity index (χ0v) is 15.0. The van der Waals surface area contributed by atoms with E-state index in [1.54, 1.807) is 7.11 Å². The molecule has 0 saturated carbocycles. The molecular formula is C19H27N3O3. The summed E-state index contributed by atoms with van der Waals surface area (Å²) < 4.78 is 16.5. The zero-order valence-electron chi connectivity index (χ0n) is 15.0. The van der Waals surface area contributed by atoms with Crippen LogP contribution < -0.4 is 20.1 Å². The third kappa shape index (κ3) is 6.20. The van der Waals surface area contributed by atoms with Gasteiger partial charge in [0.25, 0.3) is 0 Å². The summed E-state index contributed by atoms with van der Waals surface area (Å²) in [5, 5.41) is 6.58. The highest BCUT2D eigenvalue weighted by molar-refractivity contribution is 5.79. The van der Waals surface area contributed by atoms with Crippen LogP contribution in [0.3, 0.4) is 0 Å². The molecule has 0 amide bonds. The fraction of sp³-hybridized carbons (Fsp3) is 0.526. The number of ether oxygens (including phenoxy) is 3. The molecule has 0 spiro atoms. The average molecular weight is 345 g/mol. The van der Waals surface area contributed by atoms with E-state index in [0.717, 1.165) is 44.1 Å². The lowest BCUT2D eigenvalue weighted by molar-refractivity contribution is 0.114. The Balaban J connectivity index is 1.98. The van der Waals surface area contributed by atoms with E-state index < -0.39 is 0 Å². The van der Waals surface area contributed by atoms with Gasteiger partial charge in [0.15, 0.2) is 17.5 Å². The molecule has 1 saturated heterocycles. The molecule has 1 aliphatic heterocycles. The quantitative estimate of drug-likeness (QED) is 0.428. The molecule has 2 N–H and O–H groups in total. The Hall–Kier alpha value is -2.39. The number of rotatable bonds is 8. The Bertz CT molecular complexity index is 604. The Kier molecular flexibility index (Phi) is 7.93. The average Bonchev–Trinajstić information content (AvgIpc) is 3.16. The third-order valence-electron chi connectivity index (χ3n) is 3.82.